The fraction of sp³-hybridized carbons (Fsp3) is 0.286. The molecular weight excluding hydrogens is 214 g/mol. The van der Waals surface area contributed by atoms with Crippen LogP contribution in [0.3, 0.4) is 0 Å². The maximum atomic E-state index is 3.45. The van der Waals surface area contributed by atoms with Gasteiger partial charge in [0.05, 0.1) is 0 Å². The first-order chi connectivity index (χ1) is 7.90. The smallest absolute Gasteiger partial charge is 0.0398 e. The molecule has 0 radical (unpaired) electrons. The standard InChI is InChI=1S/C14H15NS/c1-15-14(11-6-7-16-9-11)13-8-10-4-2-3-5-12(10)13/h2-7,9,13-15H,8H2,1H3. The number of rotatable bonds is 3. The van der Waals surface area contributed by atoms with Crippen LogP contribution in [-0.4, -0.2) is 7.05 Å². The highest BCUT2D eigenvalue weighted by molar-refractivity contribution is 7.07. The first-order valence-electron chi connectivity index (χ1n) is 5.67. The Balaban J connectivity index is 1.90. The Kier molecular flexibility index (Phi) is 2.54. The van der Waals surface area contributed by atoms with Crippen LogP contribution >= 0.6 is 11.3 Å². The molecule has 2 aromatic rings. The van der Waals surface area contributed by atoms with Crippen molar-refractivity contribution in [1.29, 1.82) is 0 Å². The van der Waals surface area contributed by atoms with Crippen LogP contribution in [0.25, 0.3) is 0 Å². The Morgan fingerprint density at radius 2 is 2.19 bits per heavy atom. The quantitative estimate of drug-likeness (QED) is 0.851. The highest BCUT2D eigenvalue weighted by Crippen LogP contribution is 2.43. The molecule has 1 aromatic carbocycles. The summed E-state index contributed by atoms with van der Waals surface area (Å²) >= 11 is 1.78. The SMILES string of the molecule is CNC(c1ccsc1)C1Cc2ccccc21. The summed E-state index contributed by atoms with van der Waals surface area (Å²) < 4.78 is 0. The Morgan fingerprint density at radius 3 is 2.88 bits per heavy atom. The second-order valence-electron chi connectivity index (χ2n) is 4.33. The van der Waals surface area contributed by atoms with Gasteiger partial charge in [-0.1, -0.05) is 24.3 Å². The molecule has 1 heterocycles. The van der Waals surface area contributed by atoms with Gasteiger partial charge in [0.25, 0.3) is 0 Å². The molecule has 1 aliphatic carbocycles. The molecule has 0 saturated heterocycles. The van der Waals surface area contributed by atoms with Gasteiger partial charge in [0.15, 0.2) is 0 Å². The lowest BCUT2D eigenvalue weighted by molar-refractivity contribution is 0.440. The molecule has 0 saturated carbocycles. The van der Waals surface area contributed by atoms with Crippen molar-refractivity contribution in [2.75, 3.05) is 7.05 Å². The molecular formula is C14H15NS. The van der Waals surface area contributed by atoms with E-state index in [1.807, 2.05) is 0 Å². The summed E-state index contributed by atoms with van der Waals surface area (Å²) in [5.74, 6) is 0.649. The molecule has 2 heteroatoms. The van der Waals surface area contributed by atoms with Crippen molar-refractivity contribution in [3.63, 3.8) is 0 Å². The summed E-state index contributed by atoms with van der Waals surface area (Å²) in [6.45, 7) is 0. The number of fused-ring (bicyclic) bond motifs is 1. The Bertz CT molecular complexity index is 475. The van der Waals surface area contributed by atoms with Crippen molar-refractivity contribution in [2.45, 2.75) is 18.4 Å². The van der Waals surface area contributed by atoms with Gasteiger partial charge in [-0.2, -0.15) is 11.3 Å². The molecule has 1 N–H and O–H groups in total. The molecule has 0 fully saturated rings. The van der Waals surface area contributed by atoms with E-state index in [9.17, 15) is 0 Å². The number of likely N-dealkylation sites (N-methyl/N-ethyl adjacent to an activating group) is 1. The zero-order valence-electron chi connectivity index (χ0n) is 9.31. The zero-order chi connectivity index (χ0) is 11.0. The molecule has 82 valence electrons. The average molecular weight is 229 g/mol. The summed E-state index contributed by atoms with van der Waals surface area (Å²) in [7, 11) is 2.06. The number of benzene rings is 1. The van der Waals surface area contributed by atoms with Gasteiger partial charge in [0, 0.05) is 12.0 Å². The van der Waals surface area contributed by atoms with E-state index in [2.05, 4.69) is 53.5 Å². The largest absolute Gasteiger partial charge is 0.312 e. The zero-order valence-corrected chi connectivity index (χ0v) is 10.1. The monoisotopic (exact) mass is 229 g/mol. The van der Waals surface area contributed by atoms with Crippen LogP contribution in [0.5, 0.6) is 0 Å². The van der Waals surface area contributed by atoms with Crippen molar-refractivity contribution in [2.24, 2.45) is 0 Å². The lowest BCUT2D eigenvalue weighted by atomic mass is 9.72. The van der Waals surface area contributed by atoms with Gasteiger partial charge in [-0.15, -0.1) is 0 Å². The van der Waals surface area contributed by atoms with Gasteiger partial charge in [-0.25, -0.2) is 0 Å². The van der Waals surface area contributed by atoms with Crippen LogP contribution in [0.15, 0.2) is 41.1 Å². The van der Waals surface area contributed by atoms with Gasteiger partial charge in [0.1, 0.15) is 0 Å². The average Bonchev–Trinajstić information content (AvgIpc) is 2.79. The Hall–Kier alpha value is -1.12. The van der Waals surface area contributed by atoms with Crippen LogP contribution in [0.4, 0.5) is 0 Å². The third kappa shape index (κ3) is 1.49. The van der Waals surface area contributed by atoms with E-state index < -0.39 is 0 Å². The number of hydrogen-bond donors (Lipinski definition) is 1. The third-order valence-electron chi connectivity index (χ3n) is 3.51. The van der Waals surface area contributed by atoms with Gasteiger partial charge in [-0.3, -0.25) is 0 Å². The van der Waals surface area contributed by atoms with E-state index >= 15 is 0 Å². The first-order valence-corrected chi connectivity index (χ1v) is 6.61. The van der Waals surface area contributed by atoms with E-state index in [0.717, 1.165) is 0 Å². The summed E-state index contributed by atoms with van der Waals surface area (Å²) in [5, 5.41) is 7.86. The van der Waals surface area contributed by atoms with E-state index in [0.29, 0.717) is 12.0 Å². The molecule has 0 aliphatic heterocycles. The Morgan fingerprint density at radius 1 is 1.31 bits per heavy atom. The number of nitrogens with one attached hydrogen (secondary N) is 1. The van der Waals surface area contributed by atoms with Gasteiger partial charge in [0.2, 0.25) is 0 Å². The molecule has 3 rings (SSSR count). The molecule has 16 heavy (non-hydrogen) atoms. The first kappa shape index (κ1) is 10.1. The molecule has 1 aliphatic rings. The molecule has 1 nitrogen and oxygen atoms in total. The van der Waals surface area contributed by atoms with Crippen LogP contribution in [0.2, 0.25) is 0 Å². The second-order valence-corrected chi connectivity index (χ2v) is 5.11. The van der Waals surface area contributed by atoms with Gasteiger partial charge >= 0.3 is 0 Å². The molecule has 2 unspecified atom stereocenters. The van der Waals surface area contributed by atoms with E-state index in [1.54, 1.807) is 11.3 Å². The normalized spacial score (nSPS) is 19.9. The van der Waals surface area contributed by atoms with Crippen LogP contribution < -0.4 is 5.32 Å². The van der Waals surface area contributed by atoms with E-state index in [-0.39, 0.29) is 0 Å². The van der Waals surface area contributed by atoms with Crippen molar-refractivity contribution in [3.8, 4) is 0 Å². The highest BCUT2D eigenvalue weighted by Gasteiger charge is 2.32. The topological polar surface area (TPSA) is 12.0 Å². The Labute approximate surface area is 100 Å². The predicted octanol–water partition coefficient (Wildman–Crippen LogP) is 3.35. The van der Waals surface area contributed by atoms with Crippen molar-refractivity contribution in [1.82, 2.24) is 5.32 Å². The van der Waals surface area contributed by atoms with Crippen molar-refractivity contribution >= 4 is 11.3 Å². The third-order valence-corrected chi connectivity index (χ3v) is 4.21. The molecule has 1 aromatic heterocycles. The summed E-state index contributed by atoms with van der Waals surface area (Å²) in [4.78, 5) is 0. The van der Waals surface area contributed by atoms with Crippen molar-refractivity contribution < 1.29 is 0 Å². The van der Waals surface area contributed by atoms with Crippen LogP contribution in [0.1, 0.15) is 28.7 Å². The lowest BCUT2D eigenvalue weighted by Crippen LogP contribution is -2.30. The van der Waals surface area contributed by atoms with Gasteiger partial charge < -0.3 is 5.32 Å². The minimum atomic E-state index is 0.473. The van der Waals surface area contributed by atoms with Crippen LogP contribution in [-0.2, 0) is 6.42 Å². The molecule has 2 atom stereocenters. The fourth-order valence-electron chi connectivity index (χ4n) is 2.65. The van der Waals surface area contributed by atoms with Gasteiger partial charge in [-0.05, 0) is 47.0 Å². The predicted molar refractivity (Wildman–Crippen MR) is 69.0 cm³/mol. The number of thiophene rings is 1. The molecule has 0 amide bonds. The minimum absolute atomic E-state index is 0.473. The molecule has 0 spiro atoms. The second kappa shape index (κ2) is 4.04. The highest BCUT2D eigenvalue weighted by atomic mass is 32.1. The summed E-state index contributed by atoms with van der Waals surface area (Å²) in [5.41, 5.74) is 4.46. The maximum Gasteiger partial charge on any atom is 0.0398 e. The lowest BCUT2D eigenvalue weighted by Gasteiger charge is -2.36. The minimum Gasteiger partial charge on any atom is -0.312 e. The van der Waals surface area contributed by atoms with E-state index in [1.165, 1.54) is 23.1 Å². The van der Waals surface area contributed by atoms with Crippen molar-refractivity contribution in [3.05, 3.63) is 57.8 Å². The fourth-order valence-corrected chi connectivity index (χ4v) is 3.34. The maximum absolute atomic E-state index is 3.45. The molecule has 0 bridgehead atoms. The van der Waals surface area contributed by atoms with E-state index in [4.69, 9.17) is 0 Å². The van der Waals surface area contributed by atoms with Crippen LogP contribution in [0, 0.1) is 0 Å². The number of hydrogen-bond acceptors (Lipinski definition) is 2. The summed E-state index contributed by atoms with van der Waals surface area (Å²) in [6.07, 6.45) is 1.21. The summed E-state index contributed by atoms with van der Waals surface area (Å²) in [6, 6.07) is 11.5.